The number of aliphatic hydroxyl groups is 1. The lowest BCUT2D eigenvalue weighted by molar-refractivity contribution is -0.161. The van der Waals surface area contributed by atoms with Gasteiger partial charge in [-0.3, -0.25) is 9.59 Å². The van der Waals surface area contributed by atoms with E-state index in [2.05, 4.69) is 160 Å². The molecule has 0 heterocycles. The Morgan fingerprint density at radius 3 is 0.914 bits per heavy atom. The number of carbonyl (C=O) groups is 2. The number of ether oxygens (including phenoxy) is 2. The summed E-state index contributed by atoms with van der Waals surface area (Å²) in [4.78, 5) is 24.4. The molecule has 0 aromatic heterocycles. The molecule has 0 aromatic rings. The van der Waals surface area contributed by atoms with Crippen molar-refractivity contribution in [3.05, 3.63) is 158 Å². The monoisotopic (exact) mass is 963 g/mol. The number of allylic oxidation sites excluding steroid dienone is 26. The van der Waals surface area contributed by atoms with E-state index >= 15 is 0 Å². The Kier molecular flexibility index (Phi) is 55.1. The highest BCUT2D eigenvalue weighted by molar-refractivity contribution is 5.70. The number of hydrogen-bond acceptors (Lipinski definition) is 5. The van der Waals surface area contributed by atoms with Crippen LogP contribution in [-0.4, -0.2) is 36.4 Å². The van der Waals surface area contributed by atoms with Crippen molar-refractivity contribution in [2.45, 2.75) is 225 Å². The van der Waals surface area contributed by atoms with Crippen molar-refractivity contribution in [3.63, 3.8) is 0 Å². The van der Waals surface area contributed by atoms with Gasteiger partial charge in [-0.1, -0.05) is 255 Å². The molecule has 392 valence electrons. The summed E-state index contributed by atoms with van der Waals surface area (Å²) in [6, 6.07) is 0. The molecule has 0 spiro atoms. The third-order valence-corrected chi connectivity index (χ3v) is 11.3. The molecule has 0 bridgehead atoms. The summed E-state index contributed by atoms with van der Waals surface area (Å²) in [5.74, 6) is -0.697. The van der Waals surface area contributed by atoms with Gasteiger partial charge >= 0.3 is 11.9 Å². The van der Waals surface area contributed by atoms with Crippen LogP contribution in [0.4, 0.5) is 0 Å². The van der Waals surface area contributed by atoms with E-state index < -0.39 is 6.10 Å². The SMILES string of the molecule is CC/C=C\C/C=C\C/C=C\C/C=C\C/C=C\C/C=C\C/C=C\CCCCCCCCCCCCCCCCCC(=O)OC(CO)COC(=O)CC/C=C\C/C=C\C/C=C\C/C=C\C/C=C\C/C=C\CC. The minimum absolute atomic E-state index is 0.115. The smallest absolute Gasteiger partial charge is 0.306 e. The number of unbranched alkanes of at least 4 members (excludes halogenated alkanes) is 15. The maximum atomic E-state index is 12.3. The summed E-state index contributed by atoms with van der Waals surface area (Å²) >= 11 is 0. The first-order valence-corrected chi connectivity index (χ1v) is 28.0. The zero-order valence-electron chi connectivity index (χ0n) is 44.7. The Morgan fingerprint density at radius 1 is 0.329 bits per heavy atom. The molecule has 0 saturated carbocycles. The predicted molar refractivity (Wildman–Crippen MR) is 306 cm³/mol. The second-order valence-electron chi connectivity index (χ2n) is 17.9. The van der Waals surface area contributed by atoms with Gasteiger partial charge in [0.1, 0.15) is 6.61 Å². The summed E-state index contributed by atoms with van der Waals surface area (Å²) in [6.07, 6.45) is 90.8. The van der Waals surface area contributed by atoms with Crippen LogP contribution in [0.3, 0.4) is 0 Å². The van der Waals surface area contributed by atoms with E-state index in [1.165, 1.54) is 83.5 Å². The molecule has 0 aliphatic carbocycles. The lowest BCUT2D eigenvalue weighted by Crippen LogP contribution is -2.28. The Labute approximate surface area is 430 Å². The molecule has 0 saturated heterocycles. The van der Waals surface area contributed by atoms with Gasteiger partial charge in [0.25, 0.3) is 0 Å². The summed E-state index contributed by atoms with van der Waals surface area (Å²) in [7, 11) is 0. The largest absolute Gasteiger partial charge is 0.462 e. The molecule has 70 heavy (non-hydrogen) atoms. The van der Waals surface area contributed by atoms with Crippen LogP contribution >= 0.6 is 0 Å². The Bertz CT molecular complexity index is 1560. The van der Waals surface area contributed by atoms with Crippen LogP contribution in [0.1, 0.15) is 219 Å². The van der Waals surface area contributed by atoms with Gasteiger partial charge in [-0.2, -0.15) is 0 Å². The molecule has 5 nitrogen and oxygen atoms in total. The molecule has 0 fully saturated rings. The normalized spacial score (nSPS) is 13.5. The molecule has 0 radical (unpaired) electrons. The van der Waals surface area contributed by atoms with Crippen LogP contribution in [0, 0.1) is 0 Å². The molecule has 1 unspecified atom stereocenters. The predicted octanol–water partition coefficient (Wildman–Crippen LogP) is 19.2. The highest BCUT2D eigenvalue weighted by Crippen LogP contribution is 2.15. The van der Waals surface area contributed by atoms with Crippen molar-refractivity contribution >= 4 is 11.9 Å². The van der Waals surface area contributed by atoms with Gasteiger partial charge < -0.3 is 14.6 Å². The lowest BCUT2D eigenvalue weighted by atomic mass is 10.0. The summed E-state index contributed by atoms with van der Waals surface area (Å²) < 4.78 is 10.6. The third-order valence-electron chi connectivity index (χ3n) is 11.3. The Balaban J connectivity index is 3.59. The van der Waals surface area contributed by atoms with Crippen molar-refractivity contribution in [1.29, 1.82) is 0 Å². The quantitative estimate of drug-likeness (QED) is 0.0374. The number of hydrogen-bond donors (Lipinski definition) is 1. The molecule has 1 N–H and O–H groups in total. The number of aliphatic hydroxyl groups excluding tert-OH is 1. The van der Waals surface area contributed by atoms with Gasteiger partial charge in [0.05, 0.1) is 6.61 Å². The topological polar surface area (TPSA) is 72.8 Å². The minimum Gasteiger partial charge on any atom is -0.462 e. The molecule has 0 aliphatic heterocycles. The van der Waals surface area contributed by atoms with Crippen LogP contribution in [0.5, 0.6) is 0 Å². The van der Waals surface area contributed by atoms with E-state index in [0.29, 0.717) is 12.8 Å². The van der Waals surface area contributed by atoms with Crippen LogP contribution < -0.4 is 0 Å². The zero-order valence-corrected chi connectivity index (χ0v) is 44.7. The van der Waals surface area contributed by atoms with Gasteiger partial charge in [-0.15, -0.1) is 0 Å². The molecular formula is C65H102O5. The van der Waals surface area contributed by atoms with E-state index in [1.807, 2.05) is 12.2 Å². The summed E-state index contributed by atoms with van der Waals surface area (Å²) in [6.45, 7) is 3.84. The number of carbonyl (C=O) groups excluding carboxylic acids is 2. The molecular weight excluding hydrogens is 861 g/mol. The van der Waals surface area contributed by atoms with Gasteiger partial charge in [0, 0.05) is 12.8 Å². The fraction of sp³-hybridized carbons (Fsp3) is 0.569. The Hall–Kier alpha value is -4.48. The number of esters is 2. The van der Waals surface area contributed by atoms with Crippen molar-refractivity contribution in [1.82, 2.24) is 0 Å². The van der Waals surface area contributed by atoms with Crippen LogP contribution in [-0.2, 0) is 19.1 Å². The van der Waals surface area contributed by atoms with Crippen molar-refractivity contribution in [2.24, 2.45) is 0 Å². The van der Waals surface area contributed by atoms with Crippen LogP contribution in [0.25, 0.3) is 0 Å². The average Bonchev–Trinajstić information content (AvgIpc) is 3.36. The molecule has 1 atom stereocenters. The summed E-state index contributed by atoms with van der Waals surface area (Å²) in [5.41, 5.74) is 0. The van der Waals surface area contributed by atoms with Crippen molar-refractivity contribution < 1.29 is 24.2 Å². The van der Waals surface area contributed by atoms with Gasteiger partial charge in [-0.05, 0) is 109 Å². The van der Waals surface area contributed by atoms with Crippen LogP contribution in [0.2, 0.25) is 0 Å². The van der Waals surface area contributed by atoms with E-state index in [4.69, 9.17) is 9.47 Å². The van der Waals surface area contributed by atoms with Crippen molar-refractivity contribution in [2.75, 3.05) is 13.2 Å². The van der Waals surface area contributed by atoms with Gasteiger partial charge in [0.15, 0.2) is 6.10 Å². The molecule has 0 aliphatic rings. The maximum Gasteiger partial charge on any atom is 0.306 e. The van der Waals surface area contributed by atoms with E-state index in [9.17, 15) is 14.7 Å². The first-order valence-electron chi connectivity index (χ1n) is 28.0. The molecule has 5 heteroatoms. The fourth-order valence-electron chi connectivity index (χ4n) is 7.21. The molecule has 0 rings (SSSR count). The minimum atomic E-state index is -0.814. The third kappa shape index (κ3) is 56.1. The lowest BCUT2D eigenvalue weighted by Gasteiger charge is -2.15. The summed E-state index contributed by atoms with van der Waals surface area (Å²) in [5, 5.41) is 9.63. The number of rotatable bonds is 49. The van der Waals surface area contributed by atoms with Gasteiger partial charge in [0.2, 0.25) is 0 Å². The standard InChI is InChI=1S/C65H102O5/c1-3-5-7-9-11-13-15-17-19-21-23-24-25-26-27-28-29-30-31-32-33-34-35-36-37-38-39-40-42-44-46-48-50-52-54-56-58-60-65(68)70-63(61-66)62-69-64(67)59-57-55-53-51-49-47-45-43-41-22-20-18-16-14-12-10-8-6-4-2/h5-8,11-14,17-20,23-24,26-27,29-30,32-33,41,43,47,49,53,55,63,66H,3-4,9-10,15-16,21-22,25,28,31,34-40,42,44-46,48,50-52,54,56-62H2,1-2H3/b7-5-,8-6-,13-11-,14-12-,19-17-,20-18-,24-23-,27-26-,30-29-,33-32-,43-41-,49-47-,55-53-. The Morgan fingerprint density at radius 2 is 0.600 bits per heavy atom. The highest BCUT2D eigenvalue weighted by Gasteiger charge is 2.16. The molecule has 0 amide bonds. The fourth-order valence-corrected chi connectivity index (χ4v) is 7.21. The second-order valence-corrected chi connectivity index (χ2v) is 17.9. The van der Waals surface area contributed by atoms with Crippen molar-refractivity contribution in [3.8, 4) is 0 Å². The first-order chi connectivity index (χ1) is 34.6. The van der Waals surface area contributed by atoms with E-state index in [1.54, 1.807) is 0 Å². The second kappa shape index (κ2) is 58.8. The van der Waals surface area contributed by atoms with Gasteiger partial charge in [-0.25, -0.2) is 0 Å². The van der Waals surface area contributed by atoms with E-state index in [0.717, 1.165) is 103 Å². The zero-order chi connectivity index (χ0) is 50.6. The van der Waals surface area contributed by atoms with Crippen LogP contribution in [0.15, 0.2) is 158 Å². The average molecular weight is 964 g/mol. The maximum absolute atomic E-state index is 12.3. The first kappa shape index (κ1) is 65.5. The highest BCUT2D eigenvalue weighted by atomic mass is 16.6. The molecule has 0 aromatic carbocycles. The van der Waals surface area contributed by atoms with E-state index in [-0.39, 0.29) is 31.6 Å².